The first kappa shape index (κ1) is 17.2. The maximum Gasteiger partial charge on any atom is 0.337 e. The van der Waals surface area contributed by atoms with Crippen LogP contribution in [-0.4, -0.2) is 18.0 Å². The van der Waals surface area contributed by atoms with Gasteiger partial charge in [-0.05, 0) is 36.4 Å². The van der Waals surface area contributed by atoms with Crippen molar-refractivity contribution >= 4 is 17.7 Å². The van der Waals surface area contributed by atoms with Crippen LogP contribution in [0.15, 0.2) is 71.1 Å². The summed E-state index contributed by atoms with van der Waals surface area (Å²) < 4.78 is 10.4. The predicted octanol–water partition coefficient (Wildman–Crippen LogP) is 4.51. The summed E-state index contributed by atoms with van der Waals surface area (Å²) in [6, 6.07) is 18.7. The number of furan rings is 1. The molecular weight excluding hydrogens is 334 g/mol. The number of hydrogen-bond acceptors (Lipinski definition) is 5. The molecule has 0 aliphatic carbocycles. The fourth-order valence-electron chi connectivity index (χ4n) is 2.46. The van der Waals surface area contributed by atoms with E-state index >= 15 is 0 Å². The number of esters is 1. The van der Waals surface area contributed by atoms with Crippen LogP contribution in [0.1, 0.15) is 21.7 Å². The lowest BCUT2D eigenvalue weighted by molar-refractivity contribution is -0.374. The molecule has 0 saturated heterocycles. The molecule has 1 heterocycles. The number of carbonyl (C=O) groups excluding carboxylic acids is 1. The number of nitro groups is 1. The Balaban J connectivity index is 1.89. The van der Waals surface area contributed by atoms with E-state index in [2.05, 4.69) is 4.74 Å². The van der Waals surface area contributed by atoms with Crippen LogP contribution in [0.4, 0.5) is 0 Å². The molecule has 1 aromatic heterocycles. The summed E-state index contributed by atoms with van der Waals surface area (Å²) >= 11 is 0. The van der Waals surface area contributed by atoms with Gasteiger partial charge in [0.1, 0.15) is 11.5 Å². The fourth-order valence-corrected chi connectivity index (χ4v) is 2.46. The lowest BCUT2D eigenvalue weighted by atomic mass is 10.1. The second-order valence-electron chi connectivity index (χ2n) is 5.42. The van der Waals surface area contributed by atoms with E-state index in [0.29, 0.717) is 22.6 Å². The van der Waals surface area contributed by atoms with Crippen LogP contribution < -0.4 is 0 Å². The van der Waals surface area contributed by atoms with Crippen molar-refractivity contribution in [2.24, 2.45) is 0 Å². The molecule has 0 spiro atoms. The van der Waals surface area contributed by atoms with Crippen molar-refractivity contribution in [1.29, 1.82) is 0 Å². The molecule has 0 bridgehead atoms. The molecular formula is C20H15NO5. The van der Waals surface area contributed by atoms with Gasteiger partial charge in [-0.1, -0.05) is 30.3 Å². The maximum atomic E-state index is 11.5. The Kier molecular flexibility index (Phi) is 4.94. The van der Waals surface area contributed by atoms with E-state index < -0.39 is 10.9 Å². The molecule has 3 aromatic rings. The van der Waals surface area contributed by atoms with Crippen LogP contribution >= 0.6 is 0 Å². The number of methoxy groups -OCH3 is 1. The van der Waals surface area contributed by atoms with Crippen molar-refractivity contribution in [2.45, 2.75) is 0 Å². The molecule has 0 aliphatic heterocycles. The third-order valence-corrected chi connectivity index (χ3v) is 3.76. The second-order valence-corrected chi connectivity index (χ2v) is 5.42. The van der Waals surface area contributed by atoms with Crippen molar-refractivity contribution in [1.82, 2.24) is 0 Å². The number of nitrogens with zero attached hydrogens (tertiary/aromatic N) is 1. The smallest absolute Gasteiger partial charge is 0.337 e. The van der Waals surface area contributed by atoms with Crippen molar-refractivity contribution in [3.63, 3.8) is 0 Å². The average molecular weight is 349 g/mol. The summed E-state index contributed by atoms with van der Waals surface area (Å²) in [6.07, 6.45) is 1.39. The highest BCUT2D eigenvalue weighted by molar-refractivity contribution is 5.89. The minimum absolute atomic E-state index is 0.0486. The normalized spacial score (nSPS) is 11.2. The summed E-state index contributed by atoms with van der Waals surface area (Å²) in [5.41, 5.74) is 1.63. The number of ether oxygens (including phenoxy) is 1. The van der Waals surface area contributed by atoms with Gasteiger partial charge in [-0.25, -0.2) is 4.79 Å². The molecule has 0 unspecified atom stereocenters. The van der Waals surface area contributed by atoms with E-state index in [1.165, 1.54) is 13.2 Å². The van der Waals surface area contributed by atoms with Crippen molar-refractivity contribution in [2.75, 3.05) is 7.11 Å². The third-order valence-electron chi connectivity index (χ3n) is 3.76. The molecule has 130 valence electrons. The molecule has 0 amide bonds. The number of rotatable bonds is 5. The van der Waals surface area contributed by atoms with Crippen LogP contribution in [-0.2, 0) is 4.74 Å². The van der Waals surface area contributed by atoms with E-state index in [1.807, 2.05) is 0 Å². The van der Waals surface area contributed by atoms with E-state index in [-0.39, 0.29) is 5.70 Å². The van der Waals surface area contributed by atoms with Gasteiger partial charge in [0.2, 0.25) is 0 Å². The van der Waals surface area contributed by atoms with Crippen LogP contribution in [0.5, 0.6) is 0 Å². The number of hydrogen-bond donors (Lipinski definition) is 0. The van der Waals surface area contributed by atoms with Crippen LogP contribution in [0.25, 0.3) is 23.1 Å². The van der Waals surface area contributed by atoms with Crippen LogP contribution in [0.3, 0.4) is 0 Å². The lowest BCUT2D eigenvalue weighted by Crippen LogP contribution is -2.00. The van der Waals surface area contributed by atoms with Gasteiger partial charge in [-0.2, -0.15) is 0 Å². The molecule has 0 atom stereocenters. The van der Waals surface area contributed by atoms with Gasteiger partial charge in [-0.3, -0.25) is 10.1 Å². The van der Waals surface area contributed by atoms with E-state index in [0.717, 1.165) is 5.56 Å². The monoisotopic (exact) mass is 349 g/mol. The zero-order valence-corrected chi connectivity index (χ0v) is 13.9. The van der Waals surface area contributed by atoms with Crippen molar-refractivity contribution in [3.05, 3.63) is 93.7 Å². The van der Waals surface area contributed by atoms with E-state index in [1.54, 1.807) is 66.7 Å². The Morgan fingerprint density at radius 1 is 1.00 bits per heavy atom. The van der Waals surface area contributed by atoms with Crippen LogP contribution in [0.2, 0.25) is 0 Å². The molecule has 2 aromatic carbocycles. The SMILES string of the molecule is COC(=O)c1ccc(-c2ccc(/C=C(\c3ccccc3)[N+](=O)[O-])o2)cc1. The number of carbonyl (C=O) groups is 1. The standard InChI is InChI=1S/C20H15NO5/c1-25-20(22)16-9-7-15(8-10-16)19-12-11-17(26-19)13-18(21(23)24)14-5-3-2-4-6-14/h2-13H,1H3/b18-13+. The quantitative estimate of drug-likeness (QED) is 0.384. The maximum absolute atomic E-state index is 11.5. The highest BCUT2D eigenvalue weighted by Gasteiger charge is 2.15. The summed E-state index contributed by atoms with van der Waals surface area (Å²) in [5, 5.41) is 11.4. The molecule has 3 rings (SSSR count). The topological polar surface area (TPSA) is 82.6 Å². The van der Waals surface area contributed by atoms with Gasteiger partial charge in [0.15, 0.2) is 0 Å². The second kappa shape index (κ2) is 7.48. The molecule has 6 nitrogen and oxygen atoms in total. The molecule has 0 radical (unpaired) electrons. The van der Waals surface area contributed by atoms with Crippen LogP contribution in [0, 0.1) is 10.1 Å². The van der Waals surface area contributed by atoms with Crippen molar-refractivity contribution in [3.8, 4) is 11.3 Å². The molecule has 6 heteroatoms. The predicted molar refractivity (Wildman–Crippen MR) is 96.8 cm³/mol. The summed E-state index contributed by atoms with van der Waals surface area (Å²) in [4.78, 5) is 22.4. The summed E-state index contributed by atoms with van der Waals surface area (Å²) in [6.45, 7) is 0. The van der Waals surface area contributed by atoms with E-state index in [4.69, 9.17) is 4.42 Å². The van der Waals surface area contributed by atoms with E-state index in [9.17, 15) is 14.9 Å². The zero-order valence-electron chi connectivity index (χ0n) is 13.9. The molecule has 0 fully saturated rings. The van der Waals surface area contributed by atoms with Crippen molar-refractivity contribution < 1.29 is 18.9 Å². The first-order chi connectivity index (χ1) is 12.6. The molecule has 0 N–H and O–H groups in total. The Labute approximate surface area is 149 Å². The number of benzene rings is 2. The Morgan fingerprint density at radius 3 is 2.31 bits per heavy atom. The minimum atomic E-state index is -0.442. The first-order valence-electron chi connectivity index (χ1n) is 7.78. The van der Waals surface area contributed by atoms with Gasteiger partial charge >= 0.3 is 5.97 Å². The van der Waals surface area contributed by atoms with Gasteiger partial charge in [0.05, 0.1) is 29.2 Å². The fraction of sp³-hybridized carbons (Fsp3) is 0.0500. The van der Waals surface area contributed by atoms with Gasteiger partial charge < -0.3 is 9.15 Å². The Morgan fingerprint density at radius 2 is 1.69 bits per heavy atom. The average Bonchev–Trinajstić information content (AvgIpc) is 3.15. The minimum Gasteiger partial charge on any atom is -0.465 e. The lowest BCUT2D eigenvalue weighted by Gasteiger charge is -2.01. The summed E-state index contributed by atoms with van der Waals surface area (Å²) in [5.74, 6) is 0.495. The zero-order chi connectivity index (χ0) is 18.5. The highest BCUT2D eigenvalue weighted by Crippen LogP contribution is 2.26. The molecule has 0 aliphatic rings. The Bertz CT molecular complexity index is 955. The van der Waals surface area contributed by atoms with Gasteiger partial charge in [0.25, 0.3) is 5.70 Å². The third kappa shape index (κ3) is 3.70. The largest absolute Gasteiger partial charge is 0.465 e. The molecule has 26 heavy (non-hydrogen) atoms. The highest BCUT2D eigenvalue weighted by atomic mass is 16.6. The first-order valence-corrected chi connectivity index (χ1v) is 7.78. The summed E-state index contributed by atoms with van der Waals surface area (Å²) in [7, 11) is 1.32. The van der Waals surface area contributed by atoms with Gasteiger partial charge in [0, 0.05) is 5.56 Å². The molecule has 0 saturated carbocycles. The van der Waals surface area contributed by atoms with Gasteiger partial charge in [-0.15, -0.1) is 0 Å². The Hall–Kier alpha value is -3.67.